The highest BCUT2D eigenvalue weighted by atomic mass is 16.3. The molecular weight excluding hydrogens is 226 g/mol. The number of carbonyl (C=O) groups is 3. The molecule has 0 aromatic carbocycles. The molecule has 4 amide bonds. The lowest BCUT2D eigenvalue weighted by Crippen LogP contribution is -2.43. The zero-order valence-electron chi connectivity index (χ0n) is 9.90. The maximum Gasteiger partial charge on any atom is 0.325 e. The Morgan fingerprint density at radius 2 is 2.18 bits per heavy atom. The van der Waals surface area contributed by atoms with E-state index in [1.807, 2.05) is 13.8 Å². The second kappa shape index (κ2) is 5.62. The Bertz CT molecular complexity index is 314. The van der Waals surface area contributed by atoms with Gasteiger partial charge in [-0.15, -0.1) is 0 Å². The molecule has 1 unspecified atom stereocenters. The monoisotopic (exact) mass is 243 g/mol. The molecule has 1 saturated heterocycles. The van der Waals surface area contributed by atoms with E-state index in [2.05, 4.69) is 10.6 Å². The van der Waals surface area contributed by atoms with Crippen LogP contribution in [0.3, 0.4) is 0 Å². The quantitative estimate of drug-likeness (QED) is 0.521. The predicted molar refractivity (Wildman–Crippen MR) is 59.0 cm³/mol. The van der Waals surface area contributed by atoms with Gasteiger partial charge in [0.05, 0.1) is 12.6 Å². The van der Waals surface area contributed by atoms with Crippen molar-refractivity contribution >= 4 is 17.8 Å². The van der Waals surface area contributed by atoms with Crippen LogP contribution in [0.2, 0.25) is 0 Å². The van der Waals surface area contributed by atoms with Gasteiger partial charge < -0.3 is 15.7 Å². The number of rotatable bonds is 5. The Balaban J connectivity index is 2.35. The predicted octanol–water partition coefficient (Wildman–Crippen LogP) is -1.33. The lowest BCUT2D eigenvalue weighted by Gasteiger charge is -2.16. The van der Waals surface area contributed by atoms with Gasteiger partial charge in [0.2, 0.25) is 5.91 Å². The summed E-state index contributed by atoms with van der Waals surface area (Å²) in [6.45, 7) is 3.39. The summed E-state index contributed by atoms with van der Waals surface area (Å²) in [6, 6.07) is -0.561. The van der Waals surface area contributed by atoms with Crippen LogP contribution in [0.25, 0.3) is 0 Å². The van der Waals surface area contributed by atoms with Gasteiger partial charge in [-0.2, -0.15) is 0 Å². The summed E-state index contributed by atoms with van der Waals surface area (Å²) in [7, 11) is 0. The van der Waals surface area contributed by atoms with Crippen molar-refractivity contribution in [2.24, 2.45) is 5.92 Å². The van der Waals surface area contributed by atoms with Crippen LogP contribution in [0.4, 0.5) is 4.79 Å². The van der Waals surface area contributed by atoms with Crippen molar-refractivity contribution < 1.29 is 19.5 Å². The lowest BCUT2D eigenvalue weighted by atomic mass is 10.1. The highest BCUT2D eigenvalue weighted by Crippen LogP contribution is 2.00. The van der Waals surface area contributed by atoms with Crippen LogP contribution in [-0.2, 0) is 9.59 Å². The summed E-state index contributed by atoms with van der Waals surface area (Å²) in [5.74, 6) is -0.850. The molecule has 1 rings (SSSR count). The molecule has 1 atom stereocenters. The van der Waals surface area contributed by atoms with Crippen molar-refractivity contribution in [3.05, 3.63) is 0 Å². The molecule has 0 saturated carbocycles. The van der Waals surface area contributed by atoms with Crippen molar-refractivity contribution in [1.82, 2.24) is 15.5 Å². The van der Waals surface area contributed by atoms with Crippen LogP contribution in [0.1, 0.15) is 13.8 Å². The van der Waals surface area contributed by atoms with Crippen LogP contribution in [0, 0.1) is 5.92 Å². The van der Waals surface area contributed by atoms with Gasteiger partial charge in [0.15, 0.2) is 0 Å². The summed E-state index contributed by atoms with van der Waals surface area (Å²) < 4.78 is 0. The molecule has 0 aromatic heterocycles. The topological polar surface area (TPSA) is 98.7 Å². The first-order valence-electron chi connectivity index (χ1n) is 5.44. The van der Waals surface area contributed by atoms with Gasteiger partial charge in [0.1, 0.15) is 6.54 Å². The third kappa shape index (κ3) is 3.70. The third-order valence-electron chi connectivity index (χ3n) is 2.52. The summed E-state index contributed by atoms with van der Waals surface area (Å²) in [4.78, 5) is 34.6. The van der Waals surface area contributed by atoms with E-state index < -0.39 is 23.9 Å². The van der Waals surface area contributed by atoms with Crippen molar-refractivity contribution in [1.29, 1.82) is 0 Å². The number of urea groups is 1. The number of nitrogens with zero attached hydrogens (tertiary/aromatic N) is 1. The Kier molecular flexibility index (Phi) is 4.45. The van der Waals surface area contributed by atoms with Crippen molar-refractivity contribution in [2.45, 2.75) is 20.0 Å². The van der Waals surface area contributed by atoms with Crippen molar-refractivity contribution in [3.63, 3.8) is 0 Å². The number of hydrogen-bond donors (Lipinski definition) is 3. The largest absolute Gasteiger partial charge is 0.391 e. The van der Waals surface area contributed by atoms with Gasteiger partial charge in [0.25, 0.3) is 5.91 Å². The van der Waals surface area contributed by atoms with E-state index in [4.69, 9.17) is 0 Å². The van der Waals surface area contributed by atoms with E-state index in [-0.39, 0.29) is 25.6 Å². The number of hydrogen-bond acceptors (Lipinski definition) is 4. The van der Waals surface area contributed by atoms with E-state index in [0.717, 1.165) is 4.90 Å². The van der Waals surface area contributed by atoms with E-state index >= 15 is 0 Å². The van der Waals surface area contributed by atoms with Crippen LogP contribution >= 0.6 is 0 Å². The fraction of sp³-hybridized carbons (Fsp3) is 0.700. The smallest absolute Gasteiger partial charge is 0.325 e. The highest BCUT2D eigenvalue weighted by molar-refractivity contribution is 6.04. The molecular formula is C10H17N3O4. The second-order valence-corrected chi connectivity index (χ2v) is 4.25. The van der Waals surface area contributed by atoms with E-state index in [1.54, 1.807) is 0 Å². The maximum atomic E-state index is 11.4. The molecule has 96 valence electrons. The molecule has 0 bridgehead atoms. The van der Waals surface area contributed by atoms with Crippen LogP contribution in [0.15, 0.2) is 0 Å². The molecule has 17 heavy (non-hydrogen) atoms. The van der Waals surface area contributed by atoms with E-state index in [1.165, 1.54) is 0 Å². The van der Waals surface area contributed by atoms with Gasteiger partial charge in [-0.1, -0.05) is 13.8 Å². The van der Waals surface area contributed by atoms with E-state index in [9.17, 15) is 19.5 Å². The zero-order chi connectivity index (χ0) is 13.0. The Labute approximate surface area is 99.2 Å². The standard InChI is InChI=1S/C10H17N3O4/c1-6(2)7(14)3-11-8(15)5-13-9(16)4-12-10(13)17/h6-7,14H,3-5H2,1-2H3,(H,11,15)(H,12,17). The van der Waals surface area contributed by atoms with Gasteiger partial charge in [-0.3, -0.25) is 14.5 Å². The Morgan fingerprint density at radius 3 is 2.65 bits per heavy atom. The third-order valence-corrected chi connectivity index (χ3v) is 2.52. The lowest BCUT2D eigenvalue weighted by molar-refractivity contribution is -0.130. The number of carbonyl (C=O) groups excluding carboxylic acids is 3. The fourth-order valence-electron chi connectivity index (χ4n) is 1.27. The normalized spacial score (nSPS) is 17.3. The molecule has 0 spiro atoms. The van der Waals surface area contributed by atoms with E-state index in [0.29, 0.717) is 0 Å². The van der Waals surface area contributed by atoms with Crippen LogP contribution in [0.5, 0.6) is 0 Å². The number of amides is 4. The molecule has 7 heteroatoms. The van der Waals surface area contributed by atoms with Gasteiger partial charge >= 0.3 is 6.03 Å². The molecule has 3 N–H and O–H groups in total. The van der Waals surface area contributed by atoms with Gasteiger partial charge in [0, 0.05) is 6.54 Å². The molecule has 1 aliphatic rings. The number of aliphatic hydroxyl groups excluding tert-OH is 1. The SMILES string of the molecule is CC(C)C(O)CNC(=O)CN1C(=O)CNC1=O. The molecule has 7 nitrogen and oxygen atoms in total. The van der Waals surface area contributed by atoms with Crippen molar-refractivity contribution in [2.75, 3.05) is 19.6 Å². The molecule has 1 aliphatic heterocycles. The summed E-state index contributed by atoms with van der Waals surface area (Å²) >= 11 is 0. The minimum atomic E-state index is -0.637. The first-order valence-corrected chi connectivity index (χ1v) is 5.44. The molecule has 1 fully saturated rings. The molecule has 0 aromatic rings. The number of aliphatic hydroxyl groups is 1. The minimum Gasteiger partial charge on any atom is -0.391 e. The summed E-state index contributed by atoms with van der Waals surface area (Å²) in [5.41, 5.74) is 0. The molecule has 1 heterocycles. The number of nitrogens with one attached hydrogen (secondary N) is 2. The Hall–Kier alpha value is -1.63. The zero-order valence-corrected chi connectivity index (χ0v) is 9.90. The number of imide groups is 1. The molecule has 0 aliphatic carbocycles. The summed E-state index contributed by atoms with van der Waals surface area (Å²) in [5, 5.41) is 14.3. The fourth-order valence-corrected chi connectivity index (χ4v) is 1.27. The van der Waals surface area contributed by atoms with Gasteiger partial charge in [-0.05, 0) is 5.92 Å². The minimum absolute atomic E-state index is 0.0343. The maximum absolute atomic E-state index is 11.4. The van der Waals surface area contributed by atoms with Crippen LogP contribution in [-0.4, -0.2) is 53.6 Å². The van der Waals surface area contributed by atoms with Gasteiger partial charge in [-0.25, -0.2) is 4.79 Å². The second-order valence-electron chi connectivity index (χ2n) is 4.25. The first kappa shape index (κ1) is 13.4. The van der Waals surface area contributed by atoms with Crippen molar-refractivity contribution in [3.8, 4) is 0 Å². The molecule has 0 radical (unpaired) electrons. The summed E-state index contributed by atoms with van der Waals surface area (Å²) in [6.07, 6.45) is -0.637. The van der Waals surface area contributed by atoms with Crippen LogP contribution < -0.4 is 10.6 Å². The average molecular weight is 243 g/mol. The Morgan fingerprint density at radius 1 is 1.53 bits per heavy atom. The first-order chi connectivity index (χ1) is 7.91. The average Bonchev–Trinajstić information content (AvgIpc) is 2.57. The highest BCUT2D eigenvalue weighted by Gasteiger charge is 2.30.